The number of rotatable bonds is 10. The molecule has 0 radical (unpaired) electrons. The second kappa shape index (κ2) is 10.6. The predicted octanol–water partition coefficient (Wildman–Crippen LogP) is 4.56. The molecule has 0 bridgehead atoms. The summed E-state index contributed by atoms with van der Waals surface area (Å²) in [5, 5.41) is 7.63. The summed E-state index contributed by atoms with van der Waals surface area (Å²) >= 11 is 1.19. The molecule has 0 aliphatic rings. The van der Waals surface area contributed by atoms with Gasteiger partial charge in [0.25, 0.3) is 5.91 Å². The van der Waals surface area contributed by atoms with Gasteiger partial charge in [-0.15, -0.1) is 11.3 Å². The van der Waals surface area contributed by atoms with Gasteiger partial charge in [0.2, 0.25) is 5.91 Å². The first-order valence-electron chi connectivity index (χ1n) is 10.2. The molecular weight excluding hydrogens is 447 g/mol. The van der Waals surface area contributed by atoms with E-state index < -0.39 is 5.82 Å². The largest absolute Gasteiger partial charge is 0.467 e. The summed E-state index contributed by atoms with van der Waals surface area (Å²) in [6, 6.07) is 13.2. The number of carbonyl (C=O) groups excluding carboxylic acids is 2. The second-order valence-corrected chi connectivity index (χ2v) is 7.91. The maximum absolute atomic E-state index is 13.9. The smallest absolute Gasteiger partial charge is 0.273 e. The molecule has 2 N–H and O–H groups in total. The number of furan rings is 2. The van der Waals surface area contributed by atoms with Gasteiger partial charge in [0.05, 0.1) is 31.3 Å². The first kappa shape index (κ1) is 22.3. The van der Waals surface area contributed by atoms with Crippen LogP contribution in [0.3, 0.4) is 0 Å². The monoisotopic (exact) mass is 468 g/mol. The molecule has 0 unspecified atom stereocenters. The van der Waals surface area contributed by atoms with E-state index in [1.165, 1.54) is 34.8 Å². The third-order valence-corrected chi connectivity index (χ3v) is 5.46. The third-order valence-electron chi connectivity index (χ3n) is 4.70. The van der Waals surface area contributed by atoms with Gasteiger partial charge in [-0.05, 0) is 36.4 Å². The van der Waals surface area contributed by atoms with Crippen molar-refractivity contribution in [3.8, 4) is 0 Å². The predicted molar refractivity (Wildman–Crippen MR) is 120 cm³/mol. The van der Waals surface area contributed by atoms with Crippen LogP contribution in [-0.2, 0) is 17.9 Å². The summed E-state index contributed by atoms with van der Waals surface area (Å²) in [7, 11) is 0. The minimum atomic E-state index is -0.416. The van der Waals surface area contributed by atoms with Crippen molar-refractivity contribution in [2.24, 2.45) is 0 Å². The number of nitrogens with zero attached hydrogens (tertiary/aromatic N) is 2. The quantitative estimate of drug-likeness (QED) is 0.354. The van der Waals surface area contributed by atoms with Crippen LogP contribution in [0.2, 0.25) is 0 Å². The van der Waals surface area contributed by atoms with E-state index in [1.54, 1.807) is 47.8 Å². The van der Waals surface area contributed by atoms with Crippen molar-refractivity contribution >= 4 is 34.0 Å². The number of anilines is 2. The molecule has 0 atom stereocenters. The zero-order valence-corrected chi connectivity index (χ0v) is 18.3. The summed E-state index contributed by atoms with van der Waals surface area (Å²) in [5.41, 5.74) is 0.466. The van der Waals surface area contributed by atoms with Gasteiger partial charge >= 0.3 is 0 Å². The average Bonchev–Trinajstić information content (AvgIpc) is 3.59. The number of hydrogen-bond donors (Lipinski definition) is 2. The van der Waals surface area contributed by atoms with Crippen molar-refractivity contribution in [3.63, 3.8) is 0 Å². The number of halogens is 1. The fourth-order valence-corrected chi connectivity index (χ4v) is 3.73. The zero-order valence-electron chi connectivity index (χ0n) is 17.5. The second-order valence-electron chi connectivity index (χ2n) is 7.05. The number of para-hydroxylation sites is 1. The van der Waals surface area contributed by atoms with Crippen LogP contribution < -0.4 is 10.6 Å². The Kier molecular flexibility index (Phi) is 7.16. The van der Waals surface area contributed by atoms with Crippen molar-refractivity contribution in [2.75, 3.05) is 11.9 Å². The lowest BCUT2D eigenvalue weighted by Crippen LogP contribution is -2.35. The number of hydrogen-bond acceptors (Lipinski definition) is 7. The number of amides is 2. The van der Waals surface area contributed by atoms with Crippen LogP contribution in [0.5, 0.6) is 0 Å². The van der Waals surface area contributed by atoms with E-state index >= 15 is 0 Å². The normalized spacial score (nSPS) is 10.7. The molecule has 33 heavy (non-hydrogen) atoms. The Morgan fingerprint density at radius 1 is 1.03 bits per heavy atom. The molecule has 4 aromatic rings. The minimum absolute atomic E-state index is 0.0949. The maximum Gasteiger partial charge on any atom is 0.273 e. The summed E-state index contributed by atoms with van der Waals surface area (Å²) < 4.78 is 24.5. The van der Waals surface area contributed by atoms with Crippen LogP contribution in [0.1, 0.15) is 28.4 Å². The fraction of sp³-hybridized carbons (Fsp3) is 0.174. The van der Waals surface area contributed by atoms with Gasteiger partial charge in [-0.25, -0.2) is 9.37 Å². The van der Waals surface area contributed by atoms with Gasteiger partial charge in [-0.2, -0.15) is 0 Å². The highest BCUT2D eigenvalue weighted by Crippen LogP contribution is 2.24. The Hall–Kier alpha value is -3.92. The molecule has 3 heterocycles. The first-order chi connectivity index (χ1) is 16.1. The lowest BCUT2D eigenvalue weighted by atomic mass is 10.3. The minimum Gasteiger partial charge on any atom is -0.467 e. The lowest BCUT2D eigenvalue weighted by molar-refractivity contribution is -0.121. The molecule has 8 nitrogen and oxygen atoms in total. The molecule has 4 rings (SSSR count). The van der Waals surface area contributed by atoms with E-state index in [0.717, 1.165) is 0 Å². The van der Waals surface area contributed by atoms with Gasteiger partial charge in [0, 0.05) is 18.3 Å². The van der Waals surface area contributed by atoms with Crippen molar-refractivity contribution in [2.45, 2.75) is 19.5 Å². The van der Waals surface area contributed by atoms with Crippen LogP contribution in [0.4, 0.5) is 15.2 Å². The van der Waals surface area contributed by atoms with Crippen molar-refractivity contribution in [3.05, 3.63) is 89.5 Å². The number of carbonyl (C=O) groups is 2. The molecule has 0 aliphatic heterocycles. The maximum atomic E-state index is 13.9. The van der Waals surface area contributed by atoms with Crippen LogP contribution >= 0.6 is 11.3 Å². The van der Waals surface area contributed by atoms with Gasteiger partial charge in [0.15, 0.2) is 5.13 Å². The van der Waals surface area contributed by atoms with Crippen molar-refractivity contribution in [1.82, 2.24) is 15.2 Å². The number of nitrogens with one attached hydrogen (secondary N) is 2. The molecule has 3 aromatic heterocycles. The van der Waals surface area contributed by atoms with E-state index in [9.17, 15) is 14.0 Å². The van der Waals surface area contributed by atoms with Crippen LogP contribution in [0.25, 0.3) is 0 Å². The van der Waals surface area contributed by atoms with Crippen LogP contribution in [-0.4, -0.2) is 28.2 Å². The topological polar surface area (TPSA) is 101 Å². The first-order valence-corrected chi connectivity index (χ1v) is 11.0. The molecule has 0 spiro atoms. The highest BCUT2D eigenvalue weighted by Gasteiger charge is 2.21. The summed E-state index contributed by atoms with van der Waals surface area (Å²) in [5.74, 6) is 0.232. The highest BCUT2D eigenvalue weighted by molar-refractivity contribution is 7.14. The zero-order chi connectivity index (χ0) is 23.0. The Morgan fingerprint density at radius 3 is 2.52 bits per heavy atom. The van der Waals surface area contributed by atoms with Gasteiger partial charge in [-0.1, -0.05) is 12.1 Å². The molecule has 0 aliphatic carbocycles. The number of aromatic nitrogens is 1. The summed E-state index contributed by atoms with van der Waals surface area (Å²) in [4.78, 5) is 31.2. The van der Waals surface area contributed by atoms with E-state index in [0.29, 0.717) is 16.7 Å². The molecule has 2 amide bonds. The highest BCUT2D eigenvalue weighted by atomic mass is 32.1. The fourth-order valence-electron chi connectivity index (χ4n) is 3.04. The molecule has 0 saturated carbocycles. The van der Waals surface area contributed by atoms with E-state index in [2.05, 4.69) is 15.6 Å². The molecule has 10 heteroatoms. The molecular formula is C23H21FN4O4S. The number of thiazole rings is 1. The average molecular weight is 469 g/mol. The third kappa shape index (κ3) is 6.07. The molecule has 0 saturated heterocycles. The number of benzene rings is 1. The lowest BCUT2D eigenvalue weighted by Gasteiger charge is -2.20. The van der Waals surface area contributed by atoms with E-state index in [4.69, 9.17) is 8.83 Å². The Balaban J connectivity index is 1.40. The van der Waals surface area contributed by atoms with Crippen LogP contribution in [0.15, 0.2) is 75.3 Å². The Morgan fingerprint density at radius 2 is 1.79 bits per heavy atom. The SMILES string of the molecule is O=C(CCN(Cc1ccco1)C(=O)c1csc(Nc2ccccc2F)n1)NCc1ccco1. The molecule has 170 valence electrons. The van der Waals surface area contributed by atoms with E-state index in [-0.39, 0.29) is 49.3 Å². The summed E-state index contributed by atoms with van der Waals surface area (Å²) in [6.45, 7) is 0.622. The Labute approximate surface area is 193 Å². The van der Waals surface area contributed by atoms with E-state index in [1.807, 2.05) is 0 Å². The molecule has 0 fully saturated rings. The Bertz CT molecular complexity index is 1190. The molecule has 1 aromatic carbocycles. The summed E-state index contributed by atoms with van der Waals surface area (Å²) in [6.07, 6.45) is 3.15. The standard InChI is InChI=1S/C23H21FN4O4S/c24-18-7-1-2-8-19(18)26-23-27-20(15-33-23)22(30)28(14-17-6-4-12-32-17)10-9-21(29)25-13-16-5-3-11-31-16/h1-8,11-12,15H,9-10,13-14H2,(H,25,29)(H,26,27). The van der Waals surface area contributed by atoms with Gasteiger partial charge < -0.3 is 24.4 Å². The van der Waals surface area contributed by atoms with Crippen molar-refractivity contribution in [1.29, 1.82) is 0 Å². The van der Waals surface area contributed by atoms with Gasteiger partial charge in [0.1, 0.15) is 23.0 Å². The van der Waals surface area contributed by atoms with Crippen molar-refractivity contribution < 1.29 is 22.8 Å². The van der Waals surface area contributed by atoms with Crippen LogP contribution in [0, 0.1) is 5.82 Å². The van der Waals surface area contributed by atoms with Gasteiger partial charge in [-0.3, -0.25) is 9.59 Å².